The summed E-state index contributed by atoms with van der Waals surface area (Å²) in [6.45, 7) is 2.20. The second-order valence-corrected chi connectivity index (χ2v) is 6.91. The summed E-state index contributed by atoms with van der Waals surface area (Å²) in [6, 6.07) is 12.1. The maximum Gasteiger partial charge on any atom is 0.335 e. The SMILES string of the molecule is NC(Cc1ccc(NC(=O)N2CCOCC2)cc1)C(=O)Nc1ccc(C(=O)O)cc1. The smallest absolute Gasteiger partial charge is 0.335 e. The summed E-state index contributed by atoms with van der Waals surface area (Å²) in [4.78, 5) is 37.1. The van der Waals surface area contributed by atoms with Crippen LogP contribution in [0.5, 0.6) is 0 Å². The fraction of sp³-hybridized carbons (Fsp3) is 0.286. The average molecular weight is 412 g/mol. The van der Waals surface area contributed by atoms with E-state index in [1.54, 1.807) is 17.0 Å². The van der Waals surface area contributed by atoms with Gasteiger partial charge in [0, 0.05) is 24.5 Å². The Kier molecular flexibility index (Phi) is 6.99. The molecule has 2 aromatic rings. The van der Waals surface area contributed by atoms with E-state index < -0.39 is 12.0 Å². The molecule has 0 bridgehead atoms. The Morgan fingerprint density at radius 2 is 1.53 bits per heavy atom. The number of urea groups is 1. The molecule has 9 nitrogen and oxygen atoms in total. The minimum Gasteiger partial charge on any atom is -0.478 e. The summed E-state index contributed by atoms with van der Waals surface area (Å²) in [5, 5.41) is 14.4. The highest BCUT2D eigenvalue weighted by molar-refractivity contribution is 5.95. The summed E-state index contributed by atoms with van der Waals surface area (Å²) in [7, 11) is 0. The molecule has 1 aliphatic rings. The third kappa shape index (κ3) is 5.79. The van der Waals surface area contributed by atoms with E-state index in [0.717, 1.165) is 5.56 Å². The van der Waals surface area contributed by atoms with Gasteiger partial charge in [0.2, 0.25) is 5.91 Å². The number of anilines is 2. The van der Waals surface area contributed by atoms with Crippen LogP contribution < -0.4 is 16.4 Å². The van der Waals surface area contributed by atoms with Crippen molar-refractivity contribution in [2.75, 3.05) is 36.9 Å². The first-order valence-corrected chi connectivity index (χ1v) is 9.55. The van der Waals surface area contributed by atoms with Crippen LogP contribution >= 0.6 is 0 Å². The second-order valence-electron chi connectivity index (χ2n) is 6.91. The molecule has 1 unspecified atom stereocenters. The Bertz CT molecular complexity index is 893. The monoisotopic (exact) mass is 412 g/mol. The lowest BCUT2D eigenvalue weighted by molar-refractivity contribution is -0.117. The summed E-state index contributed by atoms with van der Waals surface area (Å²) < 4.78 is 5.23. The van der Waals surface area contributed by atoms with Crippen LogP contribution in [0.1, 0.15) is 15.9 Å². The number of nitrogens with zero attached hydrogens (tertiary/aromatic N) is 1. The van der Waals surface area contributed by atoms with Gasteiger partial charge < -0.3 is 31.1 Å². The number of nitrogens with one attached hydrogen (secondary N) is 2. The van der Waals surface area contributed by atoms with E-state index in [2.05, 4.69) is 10.6 Å². The van der Waals surface area contributed by atoms with Gasteiger partial charge in [0.1, 0.15) is 0 Å². The predicted molar refractivity (Wildman–Crippen MR) is 112 cm³/mol. The number of hydrogen-bond acceptors (Lipinski definition) is 5. The minimum absolute atomic E-state index is 0.137. The van der Waals surface area contributed by atoms with Crippen LogP contribution in [0.25, 0.3) is 0 Å². The molecule has 0 saturated carbocycles. The van der Waals surface area contributed by atoms with E-state index in [1.165, 1.54) is 24.3 Å². The number of benzene rings is 2. The maximum absolute atomic E-state index is 12.3. The molecule has 0 radical (unpaired) electrons. The average Bonchev–Trinajstić information content (AvgIpc) is 2.76. The van der Waals surface area contributed by atoms with Crippen molar-refractivity contribution in [3.05, 3.63) is 59.7 Å². The number of nitrogens with two attached hydrogens (primary N) is 1. The molecule has 1 saturated heterocycles. The molecule has 9 heteroatoms. The highest BCUT2D eigenvalue weighted by Gasteiger charge is 2.17. The summed E-state index contributed by atoms with van der Waals surface area (Å²) in [6.07, 6.45) is 0.316. The number of amides is 3. The fourth-order valence-corrected chi connectivity index (χ4v) is 2.97. The van der Waals surface area contributed by atoms with E-state index in [4.69, 9.17) is 15.6 Å². The Morgan fingerprint density at radius 1 is 0.967 bits per heavy atom. The van der Waals surface area contributed by atoms with Gasteiger partial charge in [-0.15, -0.1) is 0 Å². The third-order valence-electron chi connectivity index (χ3n) is 4.70. The largest absolute Gasteiger partial charge is 0.478 e. The summed E-state index contributed by atoms with van der Waals surface area (Å²) in [5.41, 5.74) is 8.12. The van der Waals surface area contributed by atoms with Crippen LogP contribution in [0.15, 0.2) is 48.5 Å². The zero-order valence-electron chi connectivity index (χ0n) is 16.3. The topological polar surface area (TPSA) is 134 Å². The van der Waals surface area contributed by atoms with E-state index in [9.17, 15) is 14.4 Å². The Labute approximate surface area is 173 Å². The van der Waals surface area contributed by atoms with Crippen molar-refractivity contribution in [1.29, 1.82) is 0 Å². The molecular formula is C21H24N4O5. The van der Waals surface area contributed by atoms with E-state index in [-0.39, 0.29) is 17.5 Å². The van der Waals surface area contributed by atoms with Gasteiger partial charge in [-0.3, -0.25) is 4.79 Å². The van der Waals surface area contributed by atoms with Gasteiger partial charge >= 0.3 is 12.0 Å². The maximum atomic E-state index is 12.3. The molecule has 158 valence electrons. The molecule has 30 heavy (non-hydrogen) atoms. The molecule has 1 heterocycles. The molecular weight excluding hydrogens is 388 g/mol. The number of morpholine rings is 1. The number of ether oxygens (including phenoxy) is 1. The lowest BCUT2D eigenvalue weighted by atomic mass is 10.1. The first-order valence-electron chi connectivity index (χ1n) is 9.55. The van der Waals surface area contributed by atoms with E-state index >= 15 is 0 Å². The minimum atomic E-state index is -1.03. The Balaban J connectivity index is 1.50. The van der Waals surface area contributed by atoms with Gasteiger partial charge in [0.05, 0.1) is 24.8 Å². The molecule has 2 aromatic carbocycles. The first kappa shape index (κ1) is 21.3. The predicted octanol–water partition coefficient (Wildman–Crippen LogP) is 1.76. The number of rotatable bonds is 6. The number of aromatic carboxylic acids is 1. The van der Waals surface area contributed by atoms with Gasteiger partial charge in [-0.05, 0) is 48.4 Å². The zero-order valence-corrected chi connectivity index (χ0v) is 16.3. The zero-order chi connectivity index (χ0) is 21.5. The van der Waals surface area contributed by atoms with Crippen LogP contribution in [0.4, 0.5) is 16.2 Å². The van der Waals surface area contributed by atoms with E-state index in [1.807, 2.05) is 12.1 Å². The van der Waals surface area contributed by atoms with Crippen LogP contribution in [0.3, 0.4) is 0 Å². The third-order valence-corrected chi connectivity index (χ3v) is 4.70. The number of carbonyl (C=O) groups is 3. The van der Waals surface area contributed by atoms with Gasteiger partial charge in [0.15, 0.2) is 0 Å². The Hall–Kier alpha value is -3.43. The summed E-state index contributed by atoms with van der Waals surface area (Å²) in [5.74, 6) is -1.41. The van der Waals surface area contributed by atoms with Crippen molar-refractivity contribution in [1.82, 2.24) is 4.90 Å². The van der Waals surface area contributed by atoms with Crippen molar-refractivity contribution < 1.29 is 24.2 Å². The standard InChI is InChI=1S/C21H24N4O5/c22-18(19(26)23-16-7-3-15(4-8-16)20(27)28)13-14-1-5-17(6-2-14)24-21(29)25-9-11-30-12-10-25/h1-8,18H,9-13,22H2,(H,23,26)(H,24,29)(H,27,28). The molecule has 3 rings (SSSR count). The quantitative estimate of drug-likeness (QED) is 0.571. The van der Waals surface area contributed by atoms with Crippen LogP contribution in [0.2, 0.25) is 0 Å². The normalized spacial score (nSPS) is 14.6. The van der Waals surface area contributed by atoms with Gasteiger partial charge in [0.25, 0.3) is 0 Å². The molecule has 0 spiro atoms. The molecule has 0 aliphatic carbocycles. The number of carbonyl (C=O) groups excluding carboxylic acids is 2. The second kappa shape index (κ2) is 9.86. The fourth-order valence-electron chi connectivity index (χ4n) is 2.97. The molecule has 0 aromatic heterocycles. The van der Waals surface area contributed by atoms with Crippen molar-refractivity contribution in [3.63, 3.8) is 0 Å². The van der Waals surface area contributed by atoms with Crippen LogP contribution in [-0.2, 0) is 16.0 Å². The van der Waals surface area contributed by atoms with Gasteiger partial charge in [-0.2, -0.15) is 0 Å². The summed E-state index contributed by atoms with van der Waals surface area (Å²) >= 11 is 0. The van der Waals surface area contributed by atoms with Gasteiger partial charge in [-0.25, -0.2) is 9.59 Å². The molecule has 1 fully saturated rings. The lowest BCUT2D eigenvalue weighted by Gasteiger charge is -2.26. The lowest BCUT2D eigenvalue weighted by Crippen LogP contribution is -2.43. The van der Waals surface area contributed by atoms with E-state index in [0.29, 0.717) is 44.1 Å². The molecule has 3 amide bonds. The molecule has 1 aliphatic heterocycles. The number of carboxylic acids is 1. The first-order chi connectivity index (χ1) is 14.4. The van der Waals surface area contributed by atoms with Crippen LogP contribution in [0, 0.1) is 0 Å². The van der Waals surface area contributed by atoms with Crippen molar-refractivity contribution >= 4 is 29.3 Å². The highest BCUT2D eigenvalue weighted by Crippen LogP contribution is 2.14. The van der Waals surface area contributed by atoms with Crippen molar-refractivity contribution in [3.8, 4) is 0 Å². The molecule has 1 atom stereocenters. The van der Waals surface area contributed by atoms with Crippen molar-refractivity contribution in [2.24, 2.45) is 5.73 Å². The van der Waals surface area contributed by atoms with Gasteiger partial charge in [-0.1, -0.05) is 12.1 Å². The number of hydrogen-bond donors (Lipinski definition) is 4. The van der Waals surface area contributed by atoms with Crippen LogP contribution in [-0.4, -0.2) is 60.3 Å². The number of carboxylic acid groups (broad SMARTS) is 1. The molecule has 5 N–H and O–H groups in total. The Morgan fingerprint density at radius 3 is 2.13 bits per heavy atom. The highest BCUT2D eigenvalue weighted by atomic mass is 16.5. The van der Waals surface area contributed by atoms with Crippen molar-refractivity contribution in [2.45, 2.75) is 12.5 Å².